The van der Waals surface area contributed by atoms with Gasteiger partial charge in [-0.15, -0.1) is 5.10 Å². The quantitative estimate of drug-likeness (QED) is 0.846. The van der Waals surface area contributed by atoms with Crippen molar-refractivity contribution in [2.75, 3.05) is 17.3 Å². The fourth-order valence-electron chi connectivity index (χ4n) is 1.95. The van der Waals surface area contributed by atoms with Crippen molar-refractivity contribution >= 4 is 23.2 Å². The minimum absolute atomic E-state index is 0.0392. The summed E-state index contributed by atoms with van der Waals surface area (Å²) in [6.45, 7) is -0.0392. The van der Waals surface area contributed by atoms with Gasteiger partial charge >= 0.3 is 0 Å². The molecule has 2 N–H and O–H groups in total. The third-order valence-corrected chi connectivity index (χ3v) is 2.89. The number of ether oxygens (including phenoxy) is 1. The van der Waals surface area contributed by atoms with Crippen molar-refractivity contribution in [1.82, 2.24) is 0 Å². The summed E-state index contributed by atoms with van der Waals surface area (Å²) in [4.78, 5) is 11.9. The maximum absolute atomic E-state index is 11.9. The summed E-state index contributed by atoms with van der Waals surface area (Å²) in [6.07, 6.45) is 0. The molecule has 5 heteroatoms. The topological polar surface area (TPSA) is 67.9 Å². The Morgan fingerprint density at radius 2 is 1.90 bits per heavy atom. The van der Waals surface area contributed by atoms with E-state index in [9.17, 15) is 4.79 Å². The molecule has 0 spiro atoms. The normalized spacial score (nSPS) is 14.7. The number of rotatable bonds is 2. The van der Waals surface area contributed by atoms with Gasteiger partial charge in [-0.05, 0) is 30.3 Å². The van der Waals surface area contributed by atoms with Gasteiger partial charge in [-0.2, -0.15) is 5.01 Å². The van der Waals surface area contributed by atoms with Crippen LogP contribution in [0.4, 0.5) is 11.4 Å². The number of nitrogens with two attached hydrogens (primary N) is 1. The van der Waals surface area contributed by atoms with Crippen molar-refractivity contribution in [3.8, 4) is 0 Å². The molecule has 20 heavy (non-hydrogen) atoms. The molecule has 1 amide bonds. The second kappa shape index (κ2) is 5.05. The lowest BCUT2D eigenvalue weighted by molar-refractivity contribution is -0.121. The van der Waals surface area contributed by atoms with Gasteiger partial charge in [0.2, 0.25) is 5.90 Å². The first-order valence-corrected chi connectivity index (χ1v) is 6.19. The molecule has 0 saturated carbocycles. The molecule has 1 aliphatic heterocycles. The number of para-hydroxylation sites is 1. The van der Waals surface area contributed by atoms with Crippen LogP contribution in [0.2, 0.25) is 0 Å². The third kappa shape index (κ3) is 2.33. The lowest BCUT2D eigenvalue weighted by atomic mass is 10.2. The van der Waals surface area contributed by atoms with Crippen molar-refractivity contribution in [1.29, 1.82) is 0 Å². The van der Waals surface area contributed by atoms with Gasteiger partial charge in [0.1, 0.15) is 0 Å². The highest BCUT2D eigenvalue weighted by atomic mass is 16.5. The predicted molar refractivity (Wildman–Crippen MR) is 77.3 cm³/mol. The van der Waals surface area contributed by atoms with Crippen molar-refractivity contribution in [2.24, 2.45) is 5.10 Å². The number of hydrogen-bond donors (Lipinski definition) is 1. The highest BCUT2D eigenvalue weighted by Crippen LogP contribution is 2.19. The standard InChI is InChI=1S/C15H13N3O2/c16-12-6-4-5-11(9-12)15-17-18(14(19)10-20-15)13-7-2-1-3-8-13/h1-9H,10,16H2. The summed E-state index contributed by atoms with van der Waals surface area (Å²) >= 11 is 0. The van der Waals surface area contributed by atoms with Crippen LogP contribution in [0.1, 0.15) is 5.56 Å². The van der Waals surface area contributed by atoms with Crippen LogP contribution in [0.15, 0.2) is 59.7 Å². The Morgan fingerprint density at radius 3 is 2.65 bits per heavy atom. The molecule has 0 aliphatic carbocycles. The molecule has 0 bridgehead atoms. The van der Waals surface area contributed by atoms with Gasteiger partial charge in [0.25, 0.3) is 5.91 Å². The second-order valence-corrected chi connectivity index (χ2v) is 4.36. The van der Waals surface area contributed by atoms with E-state index in [4.69, 9.17) is 10.5 Å². The Kier molecular flexibility index (Phi) is 3.09. The molecule has 0 unspecified atom stereocenters. The van der Waals surface area contributed by atoms with Crippen LogP contribution in [0.5, 0.6) is 0 Å². The Balaban J connectivity index is 1.99. The van der Waals surface area contributed by atoms with E-state index in [1.165, 1.54) is 5.01 Å². The molecule has 0 radical (unpaired) electrons. The van der Waals surface area contributed by atoms with Crippen molar-refractivity contribution in [2.45, 2.75) is 0 Å². The van der Waals surface area contributed by atoms with Crippen LogP contribution in [-0.2, 0) is 9.53 Å². The van der Waals surface area contributed by atoms with Crippen LogP contribution in [-0.4, -0.2) is 18.4 Å². The molecule has 1 aliphatic rings. The maximum Gasteiger partial charge on any atom is 0.285 e. The molecule has 100 valence electrons. The van der Waals surface area contributed by atoms with Gasteiger partial charge in [-0.1, -0.05) is 24.3 Å². The number of anilines is 2. The van der Waals surface area contributed by atoms with E-state index in [1.807, 2.05) is 42.5 Å². The van der Waals surface area contributed by atoms with E-state index in [-0.39, 0.29) is 12.5 Å². The van der Waals surface area contributed by atoms with Crippen LogP contribution in [0.25, 0.3) is 0 Å². The minimum Gasteiger partial charge on any atom is -0.466 e. The number of nitrogens with zero attached hydrogens (tertiary/aromatic N) is 2. The summed E-state index contributed by atoms with van der Waals surface area (Å²) in [7, 11) is 0. The summed E-state index contributed by atoms with van der Waals surface area (Å²) < 4.78 is 5.39. The SMILES string of the molecule is Nc1cccc(C2=NN(c3ccccc3)C(=O)CO2)c1. The number of hydrogen-bond acceptors (Lipinski definition) is 4. The van der Waals surface area contributed by atoms with Crippen LogP contribution in [0, 0.1) is 0 Å². The van der Waals surface area contributed by atoms with Gasteiger partial charge in [-0.25, -0.2) is 0 Å². The number of benzene rings is 2. The first kappa shape index (κ1) is 12.2. The third-order valence-electron chi connectivity index (χ3n) is 2.89. The van der Waals surface area contributed by atoms with Gasteiger partial charge in [0.05, 0.1) is 5.69 Å². The number of carbonyl (C=O) groups is 1. The van der Waals surface area contributed by atoms with Crippen LogP contribution < -0.4 is 10.7 Å². The first-order valence-electron chi connectivity index (χ1n) is 6.19. The molecule has 0 fully saturated rings. The predicted octanol–water partition coefficient (Wildman–Crippen LogP) is 1.99. The lowest BCUT2D eigenvalue weighted by Crippen LogP contribution is -2.36. The molecule has 0 atom stereocenters. The molecule has 1 heterocycles. The van der Waals surface area contributed by atoms with Crippen molar-refractivity contribution in [3.05, 3.63) is 60.2 Å². The fraction of sp³-hybridized carbons (Fsp3) is 0.0667. The first-order chi connectivity index (χ1) is 9.74. The molecular formula is C15H13N3O2. The average Bonchev–Trinajstić information content (AvgIpc) is 2.48. The number of hydrazone groups is 1. The van der Waals surface area contributed by atoms with E-state index < -0.39 is 0 Å². The molecule has 2 aromatic rings. The van der Waals surface area contributed by atoms with Crippen molar-refractivity contribution in [3.63, 3.8) is 0 Å². The average molecular weight is 267 g/mol. The fourth-order valence-corrected chi connectivity index (χ4v) is 1.95. The Morgan fingerprint density at radius 1 is 1.10 bits per heavy atom. The summed E-state index contributed by atoms with van der Waals surface area (Å²) in [5.41, 5.74) is 7.83. The van der Waals surface area contributed by atoms with E-state index in [0.717, 1.165) is 5.56 Å². The second-order valence-electron chi connectivity index (χ2n) is 4.36. The zero-order valence-electron chi connectivity index (χ0n) is 10.7. The van der Waals surface area contributed by atoms with Crippen LogP contribution >= 0.6 is 0 Å². The smallest absolute Gasteiger partial charge is 0.285 e. The highest BCUT2D eigenvalue weighted by Gasteiger charge is 2.23. The van der Waals surface area contributed by atoms with E-state index >= 15 is 0 Å². The molecule has 5 nitrogen and oxygen atoms in total. The van der Waals surface area contributed by atoms with E-state index in [1.54, 1.807) is 12.1 Å². The largest absolute Gasteiger partial charge is 0.466 e. The van der Waals surface area contributed by atoms with E-state index in [0.29, 0.717) is 17.3 Å². The summed E-state index contributed by atoms with van der Waals surface area (Å²) in [5.74, 6) is 0.185. The van der Waals surface area contributed by atoms with E-state index in [2.05, 4.69) is 5.10 Å². The van der Waals surface area contributed by atoms with Gasteiger partial charge in [-0.3, -0.25) is 4.79 Å². The zero-order chi connectivity index (χ0) is 13.9. The number of carbonyl (C=O) groups excluding carboxylic acids is 1. The Bertz CT molecular complexity index is 668. The monoisotopic (exact) mass is 267 g/mol. The molecular weight excluding hydrogens is 254 g/mol. The molecule has 0 aromatic heterocycles. The van der Waals surface area contributed by atoms with Gasteiger partial charge < -0.3 is 10.5 Å². The van der Waals surface area contributed by atoms with Gasteiger partial charge in [0.15, 0.2) is 6.61 Å². The number of amides is 1. The van der Waals surface area contributed by atoms with Gasteiger partial charge in [0, 0.05) is 11.3 Å². The Hall–Kier alpha value is -2.82. The highest BCUT2D eigenvalue weighted by molar-refractivity contribution is 6.04. The van der Waals surface area contributed by atoms with Crippen molar-refractivity contribution < 1.29 is 9.53 Å². The summed E-state index contributed by atoms with van der Waals surface area (Å²) in [6, 6.07) is 16.4. The molecule has 3 rings (SSSR count). The summed E-state index contributed by atoms with van der Waals surface area (Å²) in [5, 5.41) is 5.62. The molecule has 2 aromatic carbocycles. The van der Waals surface area contributed by atoms with Crippen LogP contribution in [0.3, 0.4) is 0 Å². The maximum atomic E-state index is 11.9. The molecule has 0 saturated heterocycles. The zero-order valence-corrected chi connectivity index (χ0v) is 10.7. The lowest BCUT2D eigenvalue weighted by Gasteiger charge is -2.23. The Labute approximate surface area is 116 Å². The number of nitrogen functional groups attached to an aromatic ring is 1. The minimum atomic E-state index is -0.205.